The second-order valence-electron chi connectivity index (χ2n) is 5.41. The van der Waals surface area contributed by atoms with E-state index >= 15 is 0 Å². The molecule has 1 heterocycles. The highest BCUT2D eigenvalue weighted by molar-refractivity contribution is 6.08. The summed E-state index contributed by atoms with van der Waals surface area (Å²) in [6.07, 6.45) is -0.849. The van der Waals surface area contributed by atoms with Crippen LogP contribution in [0.1, 0.15) is 22.0 Å². The van der Waals surface area contributed by atoms with Gasteiger partial charge in [-0.15, -0.1) is 0 Å². The SMILES string of the molecule is COc1ccc([C@H]2O[C@@H]2C(=O)c2c(N)cc(OC)cc2OC)cc1. The molecule has 0 unspecified atom stereocenters. The Morgan fingerprint density at radius 2 is 1.67 bits per heavy atom. The lowest BCUT2D eigenvalue weighted by Gasteiger charge is -2.11. The maximum Gasteiger partial charge on any atom is 0.200 e. The standard InChI is InChI=1S/C18H19NO5/c1-21-11-6-4-10(5-7-11)17-18(24-17)16(20)15-13(19)8-12(22-2)9-14(15)23-3/h4-9,17-18H,19H2,1-3H3/t17-,18-/m1/s1. The van der Waals surface area contributed by atoms with Crippen LogP contribution in [0.25, 0.3) is 0 Å². The molecule has 2 aromatic carbocycles. The Balaban J connectivity index is 1.83. The van der Waals surface area contributed by atoms with Crippen LogP contribution < -0.4 is 19.9 Å². The maximum absolute atomic E-state index is 12.8. The molecule has 1 fully saturated rings. The van der Waals surface area contributed by atoms with E-state index < -0.39 is 6.10 Å². The van der Waals surface area contributed by atoms with E-state index in [1.54, 1.807) is 19.2 Å². The molecule has 3 rings (SSSR count). The number of rotatable bonds is 6. The van der Waals surface area contributed by atoms with E-state index in [4.69, 9.17) is 24.7 Å². The summed E-state index contributed by atoms with van der Waals surface area (Å²) in [7, 11) is 4.62. The van der Waals surface area contributed by atoms with Crippen LogP contribution in [0.15, 0.2) is 36.4 Å². The second-order valence-corrected chi connectivity index (χ2v) is 5.41. The summed E-state index contributed by atoms with van der Waals surface area (Å²) in [5.41, 5.74) is 7.55. The summed E-state index contributed by atoms with van der Waals surface area (Å²) in [6, 6.07) is 10.7. The van der Waals surface area contributed by atoms with Gasteiger partial charge in [0.25, 0.3) is 0 Å². The van der Waals surface area contributed by atoms with Crippen LogP contribution >= 0.6 is 0 Å². The van der Waals surface area contributed by atoms with Gasteiger partial charge in [-0.25, -0.2) is 0 Å². The fourth-order valence-electron chi connectivity index (χ4n) is 2.65. The molecule has 0 aromatic heterocycles. The summed E-state index contributed by atoms with van der Waals surface area (Å²) in [5, 5.41) is 0. The molecule has 1 aliphatic heterocycles. The molecule has 2 atom stereocenters. The van der Waals surface area contributed by atoms with Gasteiger partial charge in [-0.3, -0.25) is 4.79 Å². The van der Waals surface area contributed by atoms with Gasteiger partial charge in [0, 0.05) is 17.8 Å². The van der Waals surface area contributed by atoms with Crippen molar-refractivity contribution >= 4 is 11.5 Å². The summed E-state index contributed by atoms with van der Waals surface area (Å²) in [6.45, 7) is 0. The lowest BCUT2D eigenvalue weighted by molar-refractivity contribution is 0.0951. The van der Waals surface area contributed by atoms with Gasteiger partial charge in [0.05, 0.1) is 26.9 Å². The van der Waals surface area contributed by atoms with Crippen LogP contribution in [-0.2, 0) is 4.74 Å². The first-order valence-electron chi connectivity index (χ1n) is 7.44. The Kier molecular flexibility index (Phi) is 4.31. The summed E-state index contributed by atoms with van der Waals surface area (Å²) in [5.74, 6) is 1.46. The molecular weight excluding hydrogens is 310 g/mol. The van der Waals surface area contributed by atoms with Gasteiger partial charge in [0.15, 0.2) is 11.9 Å². The van der Waals surface area contributed by atoms with Gasteiger partial charge in [0.2, 0.25) is 0 Å². The van der Waals surface area contributed by atoms with Crippen LogP contribution in [0, 0.1) is 0 Å². The minimum absolute atomic E-state index is 0.201. The molecular formula is C18H19NO5. The molecule has 0 saturated carbocycles. The number of benzene rings is 2. The van der Waals surface area contributed by atoms with Crippen molar-refractivity contribution in [1.82, 2.24) is 0 Å². The number of carbonyl (C=O) groups excluding carboxylic acids is 1. The molecule has 0 radical (unpaired) electrons. The van der Waals surface area contributed by atoms with Crippen molar-refractivity contribution in [1.29, 1.82) is 0 Å². The fourth-order valence-corrected chi connectivity index (χ4v) is 2.65. The van der Waals surface area contributed by atoms with Gasteiger partial charge in [0.1, 0.15) is 23.4 Å². The first-order valence-corrected chi connectivity index (χ1v) is 7.44. The topological polar surface area (TPSA) is 83.3 Å². The van der Waals surface area contributed by atoms with E-state index in [1.165, 1.54) is 14.2 Å². The van der Waals surface area contributed by atoms with Gasteiger partial charge >= 0.3 is 0 Å². The number of methoxy groups -OCH3 is 3. The Bertz CT molecular complexity index is 757. The lowest BCUT2D eigenvalue weighted by Crippen LogP contribution is -2.13. The summed E-state index contributed by atoms with van der Waals surface area (Å²) >= 11 is 0. The van der Waals surface area contributed by atoms with Crippen molar-refractivity contribution in [3.8, 4) is 17.2 Å². The number of nitrogens with two attached hydrogens (primary N) is 1. The molecule has 6 heteroatoms. The zero-order chi connectivity index (χ0) is 17.3. The smallest absolute Gasteiger partial charge is 0.200 e. The van der Waals surface area contributed by atoms with E-state index in [2.05, 4.69) is 0 Å². The highest BCUT2D eigenvalue weighted by Gasteiger charge is 2.47. The Labute approximate surface area is 140 Å². The molecule has 0 aliphatic carbocycles. The molecule has 0 bridgehead atoms. The number of hydrogen-bond acceptors (Lipinski definition) is 6. The third-order valence-corrected chi connectivity index (χ3v) is 4.00. The van der Waals surface area contributed by atoms with Crippen LogP contribution in [0.5, 0.6) is 17.2 Å². The monoisotopic (exact) mass is 329 g/mol. The minimum atomic E-state index is -0.567. The van der Waals surface area contributed by atoms with E-state index in [0.717, 1.165) is 11.3 Å². The number of hydrogen-bond donors (Lipinski definition) is 1. The zero-order valence-electron chi connectivity index (χ0n) is 13.7. The first-order chi connectivity index (χ1) is 11.6. The normalized spacial score (nSPS) is 18.8. The molecule has 2 aromatic rings. The van der Waals surface area contributed by atoms with Gasteiger partial charge in [-0.2, -0.15) is 0 Å². The Hall–Kier alpha value is -2.73. The van der Waals surface area contributed by atoms with Crippen molar-refractivity contribution in [2.75, 3.05) is 27.1 Å². The second kappa shape index (κ2) is 6.41. The highest BCUT2D eigenvalue weighted by atomic mass is 16.6. The fraction of sp³-hybridized carbons (Fsp3) is 0.278. The van der Waals surface area contributed by atoms with Crippen molar-refractivity contribution in [2.45, 2.75) is 12.2 Å². The van der Waals surface area contributed by atoms with Crippen LogP contribution in [0.2, 0.25) is 0 Å². The number of ether oxygens (including phenoxy) is 4. The van der Waals surface area contributed by atoms with Gasteiger partial charge in [-0.1, -0.05) is 12.1 Å². The molecule has 1 saturated heterocycles. The Morgan fingerprint density at radius 3 is 2.25 bits per heavy atom. The average Bonchev–Trinajstić information content (AvgIpc) is 3.41. The van der Waals surface area contributed by atoms with Crippen molar-refractivity contribution in [3.05, 3.63) is 47.5 Å². The summed E-state index contributed by atoms with van der Waals surface area (Å²) in [4.78, 5) is 12.8. The number of epoxide rings is 1. The van der Waals surface area contributed by atoms with Crippen LogP contribution in [0.3, 0.4) is 0 Å². The quantitative estimate of drug-likeness (QED) is 0.498. The average molecular weight is 329 g/mol. The van der Waals surface area contributed by atoms with Crippen molar-refractivity contribution < 1.29 is 23.7 Å². The predicted molar refractivity (Wildman–Crippen MR) is 88.9 cm³/mol. The van der Waals surface area contributed by atoms with Crippen LogP contribution in [-0.4, -0.2) is 33.2 Å². The van der Waals surface area contributed by atoms with Gasteiger partial charge < -0.3 is 24.7 Å². The number of nitrogen functional groups attached to an aromatic ring is 1. The number of anilines is 1. The van der Waals surface area contributed by atoms with E-state index in [-0.39, 0.29) is 11.9 Å². The molecule has 0 spiro atoms. The third-order valence-electron chi connectivity index (χ3n) is 4.00. The first kappa shape index (κ1) is 16.1. The van der Waals surface area contributed by atoms with Crippen LogP contribution in [0.4, 0.5) is 5.69 Å². The number of Topliss-reactive ketones (excluding diaryl/α,β-unsaturated/α-hetero) is 1. The van der Waals surface area contributed by atoms with Crippen molar-refractivity contribution in [3.63, 3.8) is 0 Å². The molecule has 24 heavy (non-hydrogen) atoms. The highest BCUT2D eigenvalue weighted by Crippen LogP contribution is 2.43. The van der Waals surface area contributed by atoms with Gasteiger partial charge in [-0.05, 0) is 17.7 Å². The molecule has 2 N–H and O–H groups in total. The molecule has 0 amide bonds. The maximum atomic E-state index is 12.8. The Morgan fingerprint density at radius 1 is 1.00 bits per heavy atom. The molecule has 6 nitrogen and oxygen atoms in total. The van der Waals surface area contributed by atoms with E-state index in [9.17, 15) is 4.79 Å². The third kappa shape index (κ3) is 2.88. The number of carbonyl (C=O) groups is 1. The summed E-state index contributed by atoms with van der Waals surface area (Å²) < 4.78 is 21.1. The minimum Gasteiger partial charge on any atom is -0.497 e. The molecule has 1 aliphatic rings. The number of ketones is 1. The largest absolute Gasteiger partial charge is 0.497 e. The zero-order valence-corrected chi connectivity index (χ0v) is 13.7. The van der Waals surface area contributed by atoms with E-state index in [0.29, 0.717) is 22.7 Å². The molecule has 126 valence electrons. The van der Waals surface area contributed by atoms with Crippen molar-refractivity contribution in [2.24, 2.45) is 0 Å². The lowest BCUT2D eigenvalue weighted by atomic mass is 10.00. The van der Waals surface area contributed by atoms with E-state index in [1.807, 2.05) is 24.3 Å². The predicted octanol–water partition coefficient (Wildman–Crippen LogP) is 2.62.